The molecule has 7 heteroatoms. The van der Waals surface area contributed by atoms with Crippen LogP contribution in [0.15, 0.2) is 109 Å². The molecule has 0 saturated carbocycles. The second-order valence-corrected chi connectivity index (χ2v) is 10.4. The van der Waals surface area contributed by atoms with Crippen LogP contribution in [0.3, 0.4) is 0 Å². The molecule has 4 aromatic rings. The first-order valence-corrected chi connectivity index (χ1v) is 14.8. The van der Waals surface area contributed by atoms with Gasteiger partial charge < -0.3 is 29.9 Å². The number of hydrogen-bond acceptors (Lipinski definition) is 6. The number of aliphatic hydroxyl groups is 4. The lowest BCUT2D eigenvalue weighted by molar-refractivity contribution is 0.0536. The van der Waals surface area contributed by atoms with Crippen LogP contribution >= 0.6 is 11.6 Å². The molecule has 4 rings (SSSR count). The Morgan fingerprint density at radius 1 is 0.596 bits per heavy atom. The van der Waals surface area contributed by atoms with Crippen LogP contribution in [0.4, 0.5) is 0 Å². The van der Waals surface area contributed by atoms with Crippen LogP contribution in [0, 0.1) is 6.92 Å². The Morgan fingerprint density at radius 3 is 1.30 bits per heavy atom. The molecule has 0 saturated heterocycles. The average molecular weight is 675 g/mol. The van der Waals surface area contributed by atoms with Crippen molar-refractivity contribution in [1.29, 1.82) is 0 Å². The maximum Gasteiger partial charge on any atom is 0.119 e. The van der Waals surface area contributed by atoms with Crippen molar-refractivity contribution in [2.75, 3.05) is 26.4 Å². The zero-order valence-electron chi connectivity index (χ0n) is 25.6. The van der Waals surface area contributed by atoms with Crippen molar-refractivity contribution in [1.82, 2.24) is 0 Å². The maximum atomic E-state index is 8.94. The number of hydrogen-bond donors (Lipinski definition) is 4. The predicted octanol–water partition coefficient (Wildman–Crippen LogP) is 9.40. The van der Waals surface area contributed by atoms with E-state index in [1.165, 1.54) is 16.7 Å². The normalized spacial score (nSPS) is 10.4. The fourth-order valence-corrected chi connectivity index (χ4v) is 3.32. The predicted molar refractivity (Wildman–Crippen MR) is 203 cm³/mol. The van der Waals surface area contributed by atoms with Crippen LogP contribution in [0.5, 0.6) is 11.5 Å². The van der Waals surface area contributed by atoms with E-state index in [0.29, 0.717) is 17.4 Å². The van der Waals surface area contributed by atoms with Crippen LogP contribution in [0.2, 0.25) is 5.02 Å². The van der Waals surface area contributed by atoms with Crippen molar-refractivity contribution >= 4 is 11.6 Å². The first-order chi connectivity index (χ1) is 20.7. The monoisotopic (exact) mass is 674 g/mol. The summed E-state index contributed by atoms with van der Waals surface area (Å²) in [5.41, 5.74) is 4.09. The number of para-hydroxylation sites is 2. The summed E-state index contributed by atoms with van der Waals surface area (Å²) in [6.45, 7) is 8.38. The molecular weight excluding hydrogens is 612 g/mol. The van der Waals surface area contributed by atoms with Gasteiger partial charge in [-0.05, 0) is 66.8 Å². The van der Waals surface area contributed by atoms with Crippen molar-refractivity contribution in [3.05, 3.63) is 131 Å². The maximum absolute atomic E-state index is 8.94. The van der Waals surface area contributed by atoms with Crippen LogP contribution in [-0.4, -0.2) is 59.1 Å². The lowest BCUT2D eigenvalue weighted by Gasteiger charge is -2.08. The topological polar surface area (TPSA) is 99.4 Å². The third-order valence-electron chi connectivity index (χ3n) is 5.86. The van der Waals surface area contributed by atoms with E-state index in [4.69, 9.17) is 41.5 Å². The van der Waals surface area contributed by atoms with Gasteiger partial charge in [0.15, 0.2) is 0 Å². The summed E-state index contributed by atoms with van der Waals surface area (Å²) in [5, 5.41) is 35.7. The quantitative estimate of drug-likeness (QED) is 0.134. The molecule has 0 radical (unpaired) electrons. The molecule has 0 aliphatic rings. The Hall–Kier alpha value is -3.39. The smallest absolute Gasteiger partial charge is 0.119 e. The summed E-state index contributed by atoms with van der Waals surface area (Å²) >= 11 is 5.67. The number of benzene rings is 4. The minimum atomic E-state index is -0.801. The second-order valence-electron chi connectivity index (χ2n) is 9.97. The highest BCUT2D eigenvalue weighted by atomic mass is 35.5. The summed E-state index contributed by atoms with van der Waals surface area (Å²) in [6.07, 6.45) is -0.521. The summed E-state index contributed by atoms with van der Waals surface area (Å²) in [7, 11) is 0. The minimum absolute atomic E-state index is 0. The van der Waals surface area contributed by atoms with Gasteiger partial charge in [-0.25, -0.2) is 0 Å². The van der Waals surface area contributed by atoms with Gasteiger partial charge in [0, 0.05) is 5.02 Å². The van der Waals surface area contributed by atoms with Crippen molar-refractivity contribution in [3.8, 4) is 11.5 Å². The SMILES string of the molecule is C.C.C.C.CCc1ccc(Cl)cc1.Cc1ccc(C(C)C)cc1.OCC(O)COc1ccccc1.OCC(O)COc1ccccc1. The molecule has 0 bridgehead atoms. The zero-order chi connectivity index (χ0) is 31.9. The Labute approximate surface area is 291 Å². The van der Waals surface area contributed by atoms with Gasteiger partial charge in [0.25, 0.3) is 0 Å². The minimum Gasteiger partial charge on any atom is -0.491 e. The van der Waals surface area contributed by atoms with Crippen LogP contribution in [0.25, 0.3) is 0 Å². The molecule has 4 N–H and O–H groups in total. The van der Waals surface area contributed by atoms with E-state index < -0.39 is 12.2 Å². The number of halogens is 1. The average Bonchev–Trinajstić information content (AvgIpc) is 3.05. The van der Waals surface area contributed by atoms with E-state index in [2.05, 4.69) is 52.0 Å². The van der Waals surface area contributed by atoms with Crippen molar-refractivity contribution in [3.63, 3.8) is 0 Å². The van der Waals surface area contributed by atoms with E-state index in [9.17, 15) is 0 Å². The fourth-order valence-electron chi connectivity index (χ4n) is 3.20. The number of aliphatic hydroxyl groups excluding tert-OH is 4. The van der Waals surface area contributed by atoms with E-state index in [1.807, 2.05) is 60.7 Å². The highest BCUT2D eigenvalue weighted by Gasteiger charge is 2.02. The summed E-state index contributed by atoms with van der Waals surface area (Å²) in [6, 6.07) is 35.0. The second kappa shape index (κ2) is 31.2. The molecule has 2 atom stereocenters. The van der Waals surface area contributed by atoms with Gasteiger partial charge in [-0.2, -0.15) is 0 Å². The van der Waals surface area contributed by atoms with Gasteiger partial charge >= 0.3 is 0 Å². The van der Waals surface area contributed by atoms with Crippen LogP contribution in [-0.2, 0) is 6.42 Å². The fraction of sp³-hybridized carbons (Fsp3) is 0.400. The molecule has 6 nitrogen and oxygen atoms in total. The van der Waals surface area contributed by atoms with E-state index in [0.717, 1.165) is 11.4 Å². The van der Waals surface area contributed by atoms with E-state index in [1.54, 1.807) is 24.3 Å². The highest BCUT2D eigenvalue weighted by Crippen LogP contribution is 2.14. The summed E-state index contributed by atoms with van der Waals surface area (Å²) in [4.78, 5) is 0. The number of ether oxygens (including phenoxy) is 2. The van der Waals surface area contributed by atoms with Crippen molar-refractivity contribution < 1.29 is 29.9 Å². The molecule has 0 heterocycles. The molecule has 0 aliphatic carbocycles. The van der Waals surface area contributed by atoms with Gasteiger partial charge in [0.05, 0.1) is 13.2 Å². The summed E-state index contributed by atoms with van der Waals surface area (Å²) in [5.74, 6) is 2.05. The standard InChI is InChI=1S/C10H14.2C9H12O3.C8H9Cl.4CH4/c1-8(2)10-6-4-9(3)5-7-10;2*10-6-8(11)7-12-9-4-2-1-3-5-9;1-2-7-3-5-8(9)6-4-7;;;;/h4-8H,1-3H3;2*1-5,8,10-11H,6-7H2;3-6H,2H2,1H3;4*1H4. The van der Waals surface area contributed by atoms with Gasteiger partial charge in [0.2, 0.25) is 0 Å². The lowest BCUT2D eigenvalue weighted by Crippen LogP contribution is -2.21. The number of aryl methyl sites for hydroxylation is 2. The van der Waals surface area contributed by atoms with Gasteiger partial charge in [-0.15, -0.1) is 0 Å². The zero-order valence-corrected chi connectivity index (χ0v) is 26.4. The third kappa shape index (κ3) is 25.4. The Balaban J connectivity index is -0.000000256. The van der Waals surface area contributed by atoms with Crippen molar-refractivity contribution in [2.45, 2.75) is 81.9 Å². The molecule has 0 aromatic heterocycles. The Kier molecular flexibility index (Phi) is 33.5. The molecule has 0 amide bonds. The first-order valence-electron chi connectivity index (χ1n) is 14.4. The highest BCUT2D eigenvalue weighted by molar-refractivity contribution is 6.30. The molecule has 2 unspecified atom stereocenters. The molecule has 0 aliphatic heterocycles. The number of rotatable bonds is 10. The van der Waals surface area contributed by atoms with E-state index >= 15 is 0 Å². The first kappa shape index (κ1) is 50.5. The molecule has 0 fully saturated rings. The molecule has 0 spiro atoms. The largest absolute Gasteiger partial charge is 0.491 e. The Morgan fingerprint density at radius 2 is 0.979 bits per heavy atom. The molecule has 4 aromatic carbocycles. The van der Waals surface area contributed by atoms with Gasteiger partial charge in [0.1, 0.15) is 36.9 Å². The third-order valence-corrected chi connectivity index (χ3v) is 6.11. The summed E-state index contributed by atoms with van der Waals surface area (Å²) < 4.78 is 10.3. The molecular formula is C40H63ClO6. The van der Waals surface area contributed by atoms with Crippen LogP contribution < -0.4 is 9.47 Å². The van der Waals surface area contributed by atoms with E-state index in [-0.39, 0.29) is 56.1 Å². The molecule has 266 valence electrons. The Bertz CT molecular complexity index is 1140. The van der Waals surface area contributed by atoms with Gasteiger partial charge in [-0.1, -0.05) is 140 Å². The van der Waals surface area contributed by atoms with Crippen LogP contribution in [0.1, 0.15) is 73.1 Å². The van der Waals surface area contributed by atoms with Crippen molar-refractivity contribution in [2.24, 2.45) is 0 Å². The van der Waals surface area contributed by atoms with Gasteiger partial charge in [-0.3, -0.25) is 0 Å². The molecule has 47 heavy (non-hydrogen) atoms. The lowest BCUT2D eigenvalue weighted by atomic mass is 10.0.